The number of ether oxygens (including phenoxy) is 1. The van der Waals surface area contributed by atoms with Crippen LogP contribution in [0.15, 0.2) is 17.0 Å². The van der Waals surface area contributed by atoms with Gasteiger partial charge in [0.1, 0.15) is 0 Å². The first-order valence-electron chi connectivity index (χ1n) is 6.64. The van der Waals surface area contributed by atoms with E-state index < -0.39 is 10.0 Å². The van der Waals surface area contributed by atoms with E-state index in [2.05, 4.69) is 0 Å². The summed E-state index contributed by atoms with van der Waals surface area (Å²) in [6.07, 6.45) is 0.716. The van der Waals surface area contributed by atoms with Crippen LogP contribution in [-0.4, -0.2) is 44.1 Å². The Morgan fingerprint density at radius 2 is 2.10 bits per heavy atom. The van der Waals surface area contributed by atoms with Crippen molar-refractivity contribution in [3.8, 4) is 0 Å². The Balaban J connectivity index is 2.45. The smallest absolute Gasteiger partial charge is 0.243 e. The number of aliphatic hydroxyl groups is 1. The van der Waals surface area contributed by atoms with Crippen molar-refractivity contribution in [3.63, 3.8) is 0 Å². The van der Waals surface area contributed by atoms with E-state index >= 15 is 0 Å². The summed E-state index contributed by atoms with van der Waals surface area (Å²) in [5.74, 6) is 0. The molecule has 0 bridgehead atoms. The predicted octanol–water partition coefficient (Wildman–Crippen LogP) is 1.21. The quantitative estimate of drug-likeness (QED) is 0.907. The topological polar surface area (TPSA) is 66.8 Å². The monoisotopic (exact) mass is 299 g/mol. The summed E-state index contributed by atoms with van der Waals surface area (Å²) < 4.78 is 32.2. The summed E-state index contributed by atoms with van der Waals surface area (Å²) >= 11 is 0. The third-order valence-corrected chi connectivity index (χ3v) is 5.98. The van der Waals surface area contributed by atoms with E-state index in [1.165, 1.54) is 4.31 Å². The van der Waals surface area contributed by atoms with Gasteiger partial charge in [0.05, 0.1) is 24.2 Å². The van der Waals surface area contributed by atoms with E-state index in [0.717, 1.165) is 11.1 Å². The fourth-order valence-electron chi connectivity index (χ4n) is 2.42. The van der Waals surface area contributed by atoms with Gasteiger partial charge in [-0.25, -0.2) is 8.42 Å². The lowest BCUT2D eigenvalue weighted by atomic mass is 10.1. The molecule has 1 saturated heterocycles. The maximum Gasteiger partial charge on any atom is 0.243 e. The molecule has 0 aromatic heterocycles. The Hall–Kier alpha value is -0.950. The second-order valence-corrected chi connectivity index (χ2v) is 7.20. The lowest BCUT2D eigenvalue weighted by Crippen LogP contribution is -2.37. The number of nitrogens with zero attached hydrogens (tertiary/aromatic N) is 1. The highest BCUT2D eigenvalue weighted by Gasteiger charge is 2.32. The number of rotatable bonds is 4. The fraction of sp³-hybridized carbons (Fsp3) is 0.571. The van der Waals surface area contributed by atoms with Crippen LogP contribution in [0.3, 0.4) is 0 Å². The average molecular weight is 299 g/mol. The SMILES string of the molecule is Cc1cc(CO)cc(S(=O)(=O)N(C)C2CCOC2)c1C. The van der Waals surface area contributed by atoms with Gasteiger partial charge < -0.3 is 9.84 Å². The van der Waals surface area contributed by atoms with Crippen molar-refractivity contribution in [1.82, 2.24) is 4.31 Å². The third-order valence-electron chi connectivity index (χ3n) is 3.94. The van der Waals surface area contributed by atoms with Crippen LogP contribution < -0.4 is 0 Å². The zero-order valence-corrected chi connectivity index (χ0v) is 12.9. The van der Waals surface area contributed by atoms with Crippen LogP contribution in [0.5, 0.6) is 0 Å². The molecule has 1 fully saturated rings. The molecular formula is C14H21NO4S. The van der Waals surface area contributed by atoms with Crippen molar-refractivity contribution < 1.29 is 18.3 Å². The van der Waals surface area contributed by atoms with Crippen LogP contribution in [0.2, 0.25) is 0 Å². The second-order valence-electron chi connectivity index (χ2n) is 5.23. The summed E-state index contributed by atoms with van der Waals surface area (Å²) in [7, 11) is -1.97. The first-order valence-corrected chi connectivity index (χ1v) is 8.08. The molecule has 5 nitrogen and oxygen atoms in total. The molecule has 6 heteroatoms. The Morgan fingerprint density at radius 3 is 2.65 bits per heavy atom. The molecule has 0 aliphatic carbocycles. The number of benzene rings is 1. The van der Waals surface area contributed by atoms with E-state index in [1.807, 2.05) is 13.0 Å². The molecule has 2 rings (SSSR count). The second kappa shape index (κ2) is 5.81. The molecule has 1 aromatic carbocycles. The van der Waals surface area contributed by atoms with Crippen LogP contribution in [0.1, 0.15) is 23.1 Å². The van der Waals surface area contributed by atoms with Crippen LogP contribution in [0.25, 0.3) is 0 Å². The van der Waals surface area contributed by atoms with Crippen LogP contribution >= 0.6 is 0 Å². The summed E-state index contributed by atoms with van der Waals surface area (Å²) in [5, 5.41) is 9.26. The van der Waals surface area contributed by atoms with Gasteiger partial charge in [-0.3, -0.25) is 0 Å². The molecule has 1 aromatic rings. The molecule has 0 saturated carbocycles. The normalized spacial score (nSPS) is 19.8. The number of sulfonamides is 1. The summed E-state index contributed by atoms with van der Waals surface area (Å²) in [5.41, 5.74) is 2.21. The third kappa shape index (κ3) is 2.74. The van der Waals surface area contributed by atoms with Crippen LogP contribution in [-0.2, 0) is 21.4 Å². The predicted molar refractivity (Wildman–Crippen MR) is 76.0 cm³/mol. The number of hydrogen-bond acceptors (Lipinski definition) is 4. The minimum Gasteiger partial charge on any atom is -0.392 e. The highest BCUT2D eigenvalue weighted by atomic mass is 32.2. The van der Waals surface area contributed by atoms with E-state index in [1.54, 1.807) is 20.0 Å². The molecule has 1 unspecified atom stereocenters. The van der Waals surface area contributed by atoms with E-state index in [4.69, 9.17) is 4.74 Å². The van der Waals surface area contributed by atoms with Gasteiger partial charge in [-0.05, 0) is 43.0 Å². The van der Waals surface area contributed by atoms with E-state index in [-0.39, 0.29) is 17.5 Å². The van der Waals surface area contributed by atoms with Crippen molar-refractivity contribution in [2.24, 2.45) is 0 Å². The number of aliphatic hydroxyl groups excluding tert-OH is 1. The number of likely N-dealkylation sites (N-methyl/N-ethyl adjacent to an activating group) is 1. The first-order chi connectivity index (χ1) is 9.37. The lowest BCUT2D eigenvalue weighted by Gasteiger charge is -2.24. The van der Waals surface area contributed by atoms with Gasteiger partial charge in [-0.2, -0.15) is 4.31 Å². The van der Waals surface area contributed by atoms with Crippen molar-refractivity contribution in [2.75, 3.05) is 20.3 Å². The summed E-state index contributed by atoms with van der Waals surface area (Å²) in [6, 6.07) is 3.26. The van der Waals surface area contributed by atoms with Gasteiger partial charge in [0.2, 0.25) is 10.0 Å². The molecular weight excluding hydrogens is 278 g/mol. The van der Waals surface area contributed by atoms with Gasteiger partial charge >= 0.3 is 0 Å². The molecule has 1 aliphatic heterocycles. The van der Waals surface area contributed by atoms with Crippen LogP contribution in [0, 0.1) is 13.8 Å². The van der Waals surface area contributed by atoms with E-state index in [9.17, 15) is 13.5 Å². The minimum absolute atomic E-state index is 0.113. The fourth-order valence-corrected chi connectivity index (χ4v) is 4.14. The summed E-state index contributed by atoms with van der Waals surface area (Å²) in [4.78, 5) is 0.274. The maximum absolute atomic E-state index is 12.7. The van der Waals surface area contributed by atoms with Gasteiger partial charge in [0, 0.05) is 13.7 Å². The largest absolute Gasteiger partial charge is 0.392 e. The summed E-state index contributed by atoms with van der Waals surface area (Å²) in [6.45, 7) is 4.51. The molecule has 1 aliphatic rings. The molecule has 1 atom stereocenters. The highest BCUT2D eigenvalue weighted by molar-refractivity contribution is 7.89. The molecule has 0 amide bonds. The zero-order valence-electron chi connectivity index (χ0n) is 12.1. The van der Waals surface area contributed by atoms with Crippen LogP contribution in [0.4, 0.5) is 0 Å². The van der Waals surface area contributed by atoms with Crippen molar-refractivity contribution >= 4 is 10.0 Å². The van der Waals surface area contributed by atoms with Crippen molar-refractivity contribution in [3.05, 3.63) is 28.8 Å². The van der Waals surface area contributed by atoms with Gasteiger partial charge in [0.25, 0.3) is 0 Å². The van der Waals surface area contributed by atoms with Gasteiger partial charge in [-0.1, -0.05) is 6.07 Å². The highest BCUT2D eigenvalue weighted by Crippen LogP contribution is 2.26. The lowest BCUT2D eigenvalue weighted by molar-refractivity contribution is 0.181. The Morgan fingerprint density at radius 1 is 1.40 bits per heavy atom. The molecule has 0 spiro atoms. The van der Waals surface area contributed by atoms with Gasteiger partial charge in [0.15, 0.2) is 0 Å². The standard InChI is InChI=1S/C14H21NO4S/c1-10-6-12(8-16)7-14(11(10)2)20(17,18)15(3)13-4-5-19-9-13/h6-7,13,16H,4-5,8-9H2,1-3H3. The van der Waals surface area contributed by atoms with E-state index in [0.29, 0.717) is 25.2 Å². The first kappa shape index (κ1) is 15.4. The average Bonchev–Trinajstić information content (AvgIpc) is 2.94. The zero-order chi connectivity index (χ0) is 14.9. The molecule has 0 radical (unpaired) electrons. The number of hydrogen-bond donors (Lipinski definition) is 1. The maximum atomic E-state index is 12.7. The van der Waals surface area contributed by atoms with Crippen molar-refractivity contribution in [2.45, 2.75) is 37.8 Å². The number of aryl methyl sites for hydroxylation is 1. The van der Waals surface area contributed by atoms with Crippen molar-refractivity contribution in [1.29, 1.82) is 0 Å². The Kier molecular flexibility index (Phi) is 4.49. The molecule has 112 valence electrons. The molecule has 20 heavy (non-hydrogen) atoms. The molecule has 1 heterocycles. The van der Waals surface area contributed by atoms with Gasteiger partial charge in [-0.15, -0.1) is 0 Å². The Labute approximate surface area is 120 Å². The minimum atomic E-state index is -3.57. The molecule has 1 N–H and O–H groups in total. The Bertz CT molecular complexity index is 591.